The van der Waals surface area contributed by atoms with E-state index in [1.807, 2.05) is 0 Å². The number of halogens is 2. The predicted molar refractivity (Wildman–Crippen MR) is 109 cm³/mol. The van der Waals surface area contributed by atoms with Gasteiger partial charge < -0.3 is 19.3 Å². The molecule has 9 heteroatoms. The second-order valence-corrected chi connectivity index (χ2v) is 8.20. The summed E-state index contributed by atoms with van der Waals surface area (Å²) in [6, 6.07) is 8.98. The minimum absolute atomic E-state index is 0.0764. The van der Waals surface area contributed by atoms with Crippen LogP contribution in [0, 0.1) is 5.82 Å². The summed E-state index contributed by atoms with van der Waals surface area (Å²) in [5, 5.41) is 9.52. The van der Waals surface area contributed by atoms with E-state index >= 15 is 0 Å². The third kappa shape index (κ3) is 3.59. The van der Waals surface area contributed by atoms with Gasteiger partial charge in [-0.2, -0.15) is 0 Å². The van der Waals surface area contributed by atoms with Gasteiger partial charge in [0.05, 0.1) is 16.3 Å². The maximum Gasteiger partial charge on any atom is 0.407 e. The number of rotatable bonds is 2. The molecule has 1 aliphatic rings. The highest BCUT2D eigenvalue weighted by molar-refractivity contribution is 6.35. The third-order valence-corrected chi connectivity index (χ3v) is 5.48. The average Bonchev–Trinajstić information content (AvgIpc) is 3.12. The lowest BCUT2D eigenvalue weighted by molar-refractivity contribution is 0.0179. The summed E-state index contributed by atoms with van der Waals surface area (Å²) >= 11 is 6.35. The van der Waals surface area contributed by atoms with Crippen molar-refractivity contribution in [3.63, 3.8) is 0 Å². The molecule has 1 N–H and O–H groups in total. The molecule has 0 spiro atoms. The fourth-order valence-electron chi connectivity index (χ4n) is 3.68. The van der Waals surface area contributed by atoms with E-state index in [2.05, 4.69) is 4.98 Å². The van der Waals surface area contributed by atoms with Crippen molar-refractivity contribution in [3.8, 4) is 11.3 Å². The van der Waals surface area contributed by atoms with Crippen molar-refractivity contribution < 1.29 is 23.5 Å². The zero-order chi connectivity index (χ0) is 21.6. The molecule has 1 fully saturated rings. The molecule has 30 heavy (non-hydrogen) atoms. The van der Waals surface area contributed by atoms with Crippen molar-refractivity contribution in [3.05, 3.63) is 53.0 Å². The molecule has 0 atom stereocenters. The topological polar surface area (TPSA) is 86.9 Å². The lowest BCUT2D eigenvalue weighted by atomic mass is 9.98. The zero-order valence-electron chi connectivity index (χ0n) is 16.4. The minimum Gasteiger partial charge on any atom is -0.465 e. The monoisotopic (exact) mass is 431 g/mol. The Morgan fingerprint density at radius 1 is 1.20 bits per heavy atom. The molecule has 0 unspecified atom stereocenters. The van der Waals surface area contributed by atoms with Gasteiger partial charge in [-0.25, -0.2) is 14.2 Å². The van der Waals surface area contributed by atoms with Crippen LogP contribution in [0.3, 0.4) is 0 Å². The Hall–Kier alpha value is -3.13. The predicted octanol–water partition coefficient (Wildman–Crippen LogP) is 4.50. The highest BCUT2D eigenvalue weighted by atomic mass is 35.5. The number of hydrogen-bond donors (Lipinski definition) is 1. The normalized spacial score (nSPS) is 16.1. The lowest BCUT2D eigenvalue weighted by Gasteiger charge is -2.45. The number of carbonyl (C=O) groups excluding carboxylic acids is 1. The number of benzene rings is 1. The van der Waals surface area contributed by atoms with E-state index in [0.717, 1.165) is 0 Å². The van der Waals surface area contributed by atoms with Crippen LogP contribution < -0.4 is 0 Å². The fourth-order valence-corrected chi connectivity index (χ4v) is 3.92. The molecule has 7 nitrogen and oxygen atoms in total. The van der Waals surface area contributed by atoms with Crippen molar-refractivity contribution in [2.75, 3.05) is 19.6 Å². The maximum atomic E-state index is 13.2. The van der Waals surface area contributed by atoms with Crippen LogP contribution in [0.2, 0.25) is 5.02 Å². The summed E-state index contributed by atoms with van der Waals surface area (Å²) in [6.07, 6.45) is -1.01. The molecule has 3 heterocycles. The van der Waals surface area contributed by atoms with Gasteiger partial charge in [0.15, 0.2) is 11.3 Å². The second-order valence-electron chi connectivity index (χ2n) is 7.79. The molecule has 0 radical (unpaired) electrons. The van der Waals surface area contributed by atoms with E-state index in [9.17, 15) is 19.1 Å². The highest BCUT2D eigenvalue weighted by Gasteiger charge is 2.39. The summed E-state index contributed by atoms with van der Waals surface area (Å²) in [4.78, 5) is 31.8. The Balaban J connectivity index is 1.66. The highest BCUT2D eigenvalue weighted by Crippen LogP contribution is 2.32. The first-order chi connectivity index (χ1) is 14.2. The van der Waals surface area contributed by atoms with Crippen LogP contribution in [0.1, 0.15) is 24.4 Å². The first kappa shape index (κ1) is 20.2. The summed E-state index contributed by atoms with van der Waals surface area (Å²) in [6.45, 7) is 4.28. The Labute approximate surface area is 176 Å². The van der Waals surface area contributed by atoms with E-state index in [0.29, 0.717) is 16.8 Å². The average molecular weight is 432 g/mol. The summed E-state index contributed by atoms with van der Waals surface area (Å²) < 4.78 is 18.9. The van der Waals surface area contributed by atoms with E-state index in [1.165, 1.54) is 23.1 Å². The molecular weight excluding hydrogens is 413 g/mol. The fraction of sp³-hybridized carbons (Fsp3) is 0.286. The number of hydrogen-bond acceptors (Lipinski definition) is 4. The van der Waals surface area contributed by atoms with Crippen LogP contribution in [0.25, 0.3) is 22.4 Å². The number of aromatic nitrogens is 1. The van der Waals surface area contributed by atoms with Gasteiger partial charge in [0, 0.05) is 31.3 Å². The molecule has 0 saturated carbocycles. The number of amides is 2. The number of carboxylic acid groups (broad SMARTS) is 1. The van der Waals surface area contributed by atoms with E-state index in [-0.39, 0.29) is 47.7 Å². The van der Waals surface area contributed by atoms with Gasteiger partial charge in [-0.3, -0.25) is 4.79 Å². The van der Waals surface area contributed by atoms with Crippen molar-refractivity contribution in [2.24, 2.45) is 0 Å². The Kier molecular flexibility index (Phi) is 4.89. The molecule has 0 aliphatic carbocycles. The van der Waals surface area contributed by atoms with Gasteiger partial charge in [0.2, 0.25) is 0 Å². The Morgan fingerprint density at radius 2 is 1.90 bits per heavy atom. The number of nitrogens with zero attached hydrogens (tertiary/aromatic N) is 3. The molecular formula is C21H19ClFN3O4. The van der Waals surface area contributed by atoms with Crippen LogP contribution in [-0.4, -0.2) is 57.1 Å². The van der Waals surface area contributed by atoms with E-state index < -0.39 is 11.6 Å². The van der Waals surface area contributed by atoms with Crippen molar-refractivity contribution in [2.45, 2.75) is 19.4 Å². The van der Waals surface area contributed by atoms with E-state index in [1.54, 1.807) is 36.9 Å². The number of pyridine rings is 1. The minimum atomic E-state index is -1.01. The van der Waals surface area contributed by atoms with Crippen LogP contribution in [0.15, 0.2) is 40.8 Å². The molecule has 156 valence electrons. The van der Waals surface area contributed by atoms with Gasteiger partial charge in [0.1, 0.15) is 11.3 Å². The van der Waals surface area contributed by atoms with Crippen LogP contribution in [0.4, 0.5) is 9.18 Å². The van der Waals surface area contributed by atoms with Crippen molar-refractivity contribution >= 4 is 34.7 Å². The number of carbonyl (C=O) groups is 2. The number of furan rings is 1. The SMILES string of the molecule is CC1(C)CN(C(=O)O)CCN1C(=O)c1cc2nc(-c3ccc(F)cc3)cc(Cl)c2o1. The summed E-state index contributed by atoms with van der Waals surface area (Å²) in [7, 11) is 0. The van der Waals surface area contributed by atoms with E-state index in [4.69, 9.17) is 16.0 Å². The molecule has 4 rings (SSSR count). The van der Waals surface area contributed by atoms with Crippen LogP contribution in [-0.2, 0) is 0 Å². The standard InChI is InChI=1S/C21H19ClFN3O4/c1-21(2)11-25(20(28)29)7-8-26(21)19(27)17-10-16-18(30-17)14(22)9-15(24-16)12-3-5-13(23)6-4-12/h3-6,9-10H,7-8,11H2,1-2H3,(H,28,29). The third-order valence-electron chi connectivity index (χ3n) is 5.20. The Morgan fingerprint density at radius 3 is 2.53 bits per heavy atom. The van der Waals surface area contributed by atoms with Gasteiger partial charge in [-0.1, -0.05) is 11.6 Å². The van der Waals surface area contributed by atoms with Gasteiger partial charge in [-0.05, 0) is 44.2 Å². The molecule has 1 aliphatic heterocycles. The van der Waals surface area contributed by atoms with Gasteiger partial charge >= 0.3 is 6.09 Å². The molecule has 1 aromatic carbocycles. The number of fused-ring (bicyclic) bond motifs is 1. The molecule has 3 aromatic rings. The molecule has 2 amide bonds. The molecule has 1 saturated heterocycles. The summed E-state index contributed by atoms with van der Waals surface area (Å²) in [5.74, 6) is -0.636. The first-order valence-electron chi connectivity index (χ1n) is 9.31. The largest absolute Gasteiger partial charge is 0.465 e. The van der Waals surface area contributed by atoms with Crippen molar-refractivity contribution in [1.82, 2.24) is 14.8 Å². The molecule has 0 bridgehead atoms. The summed E-state index contributed by atoms with van der Waals surface area (Å²) in [5.41, 5.74) is 1.20. The Bertz CT molecular complexity index is 1140. The lowest BCUT2D eigenvalue weighted by Crippen LogP contribution is -2.61. The second kappa shape index (κ2) is 7.28. The zero-order valence-corrected chi connectivity index (χ0v) is 17.1. The van der Waals surface area contributed by atoms with Crippen LogP contribution in [0.5, 0.6) is 0 Å². The smallest absolute Gasteiger partial charge is 0.407 e. The number of piperazine rings is 1. The first-order valence-corrected chi connectivity index (χ1v) is 9.69. The molecule has 2 aromatic heterocycles. The maximum absolute atomic E-state index is 13.2. The quantitative estimate of drug-likeness (QED) is 0.645. The van der Waals surface area contributed by atoms with Crippen LogP contribution >= 0.6 is 11.6 Å². The van der Waals surface area contributed by atoms with Gasteiger partial charge in [-0.15, -0.1) is 0 Å². The van der Waals surface area contributed by atoms with Crippen molar-refractivity contribution in [1.29, 1.82) is 0 Å². The van der Waals surface area contributed by atoms with Gasteiger partial charge in [0.25, 0.3) is 5.91 Å².